The third kappa shape index (κ3) is 3.49. The Hall–Kier alpha value is -1.60. The molecule has 0 aliphatic rings. The second-order valence-corrected chi connectivity index (χ2v) is 3.72. The molecule has 5 nitrogen and oxygen atoms in total. The van der Waals surface area contributed by atoms with Crippen LogP contribution in [0.4, 0.5) is 8.78 Å². The van der Waals surface area contributed by atoms with Crippen molar-refractivity contribution in [2.75, 3.05) is 13.7 Å². The molecular formula is C12H16ClF2NO4. The lowest BCUT2D eigenvalue weighted by atomic mass is 10.00. The van der Waals surface area contributed by atoms with Gasteiger partial charge in [-0.2, -0.15) is 8.78 Å². The molecule has 0 bridgehead atoms. The molecule has 0 aromatic heterocycles. The molecule has 1 rings (SSSR count). The highest BCUT2D eigenvalue weighted by atomic mass is 35.5. The number of benzene rings is 1. The van der Waals surface area contributed by atoms with Crippen molar-refractivity contribution in [1.82, 2.24) is 0 Å². The summed E-state index contributed by atoms with van der Waals surface area (Å²) >= 11 is 0. The highest BCUT2D eigenvalue weighted by Gasteiger charge is 2.48. The van der Waals surface area contributed by atoms with Crippen molar-refractivity contribution >= 4 is 18.4 Å². The first-order chi connectivity index (χ1) is 8.86. The fourth-order valence-corrected chi connectivity index (χ4v) is 1.50. The van der Waals surface area contributed by atoms with Crippen LogP contribution in [0.1, 0.15) is 18.5 Å². The number of esters is 1. The van der Waals surface area contributed by atoms with Crippen LogP contribution in [0.25, 0.3) is 0 Å². The Morgan fingerprint density at radius 1 is 1.50 bits per heavy atom. The zero-order valence-electron chi connectivity index (χ0n) is 10.9. The Kier molecular flexibility index (Phi) is 6.67. The Bertz CT molecular complexity index is 471. The number of alkyl halides is 2. The summed E-state index contributed by atoms with van der Waals surface area (Å²) in [4.78, 5) is 11.2. The predicted molar refractivity (Wildman–Crippen MR) is 70.4 cm³/mol. The van der Waals surface area contributed by atoms with Gasteiger partial charge in [-0.15, -0.1) is 12.4 Å². The number of carbonyl (C=O) groups is 1. The molecule has 0 aliphatic heterocycles. The molecule has 0 unspecified atom stereocenters. The van der Waals surface area contributed by atoms with Gasteiger partial charge in [0.15, 0.2) is 11.5 Å². The maximum absolute atomic E-state index is 13.7. The largest absolute Gasteiger partial charge is 0.504 e. The van der Waals surface area contributed by atoms with Gasteiger partial charge in [0.25, 0.3) is 0 Å². The summed E-state index contributed by atoms with van der Waals surface area (Å²) in [6, 6.07) is 1.93. The third-order valence-corrected chi connectivity index (χ3v) is 2.52. The maximum atomic E-state index is 13.7. The Morgan fingerprint density at radius 2 is 2.10 bits per heavy atom. The number of carbonyl (C=O) groups excluding carboxylic acids is 1. The van der Waals surface area contributed by atoms with Gasteiger partial charge < -0.3 is 20.3 Å². The van der Waals surface area contributed by atoms with Crippen molar-refractivity contribution in [2.24, 2.45) is 5.73 Å². The van der Waals surface area contributed by atoms with Gasteiger partial charge in [-0.1, -0.05) is 12.1 Å². The van der Waals surface area contributed by atoms with Gasteiger partial charge in [0.1, 0.15) is 6.04 Å². The lowest BCUT2D eigenvalue weighted by molar-refractivity contribution is -0.174. The SMILES string of the molecule is CCOC(=O)C(F)(F)[C@H](N)c1cccc(OC)c1O.Cl. The summed E-state index contributed by atoms with van der Waals surface area (Å²) in [5.74, 6) is -6.21. The van der Waals surface area contributed by atoms with E-state index in [1.807, 2.05) is 0 Å². The number of para-hydroxylation sites is 1. The number of methoxy groups -OCH3 is 1. The molecule has 3 N–H and O–H groups in total. The normalized spacial score (nSPS) is 12.2. The molecule has 0 saturated carbocycles. The highest BCUT2D eigenvalue weighted by molar-refractivity contribution is 5.85. The molecule has 0 amide bonds. The standard InChI is InChI=1S/C12H15F2NO4.ClH/c1-3-19-11(17)12(13,14)10(15)7-5-4-6-8(18-2)9(7)16;/h4-6,10,16H,3,15H2,1-2H3;1H/t10-;/m1./s1. The fourth-order valence-electron chi connectivity index (χ4n) is 1.50. The van der Waals surface area contributed by atoms with Gasteiger partial charge >= 0.3 is 11.9 Å². The maximum Gasteiger partial charge on any atom is 0.379 e. The zero-order chi connectivity index (χ0) is 14.6. The molecular weight excluding hydrogens is 296 g/mol. The van der Waals surface area contributed by atoms with Crippen LogP contribution in [-0.4, -0.2) is 30.7 Å². The number of aromatic hydroxyl groups is 1. The van der Waals surface area contributed by atoms with E-state index in [4.69, 9.17) is 10.5 Å². The summed E-state index contributed by atoms with van der Waals surface area (Å²) in [5.41, 5.74) is 5.07. The Labute approximate surface area is 121 Å². The molecule has 114 valence electrons. The van der Waals surface area contributed by atoms with E-state index in [9.17, 15) is 18.7 Å². The van der Waals surface area contributed by atoms with Crippen LogP contribution < -0.4 is 10.5 Å². The summed E-state index contributed by atoms with van der Waals surface area (Å²) < 4.78 is 36.5. The van der Waals surface area contributed by atoms with Crippen LogP contribution in [0.5, 0.6) is 11.5 Å². The van der Waals surface area contributed by atoms with Crippen LogP contribution in [-0.2, 0) is 9.53 Å². The minimum absolute atomic E-state index is 0. The van der Waals surface area contributed by atoms with Crippen LogP contribution >= 0.6 is 12.4 Å². The van der Waals surface area contributed by atoms with E-state index in [1.165, 1.54) is 32.2 Å². The minimum Gasteiger partial charge on any atom is -0.504 e. The van der Waals surface area contributed by atoms with Crippen LogP contribution in [0.15, 0.2) is 18.2 Å². The fraction of sp³-hybridized carbons (Fsp3) is 0.417. The zero-order valence-corrected chi connectivity index (χ0v) is 11.7. The third-order valence-electron chi connectivity index (χ3n) is 2.52. The number of hydrogen-bond donors (Lipinski definition) is 2. The number of rotatable bonds is 5. The molecule has 8 heteroatoms. The number of nitrogens with two attached hydrogens (primary N) is 1. The number of phenolic OH excluding ortho intramolecular Hbond substituents is 1. The smallest absolute Gasteiger partial charge is 0.379 e. The Balaban J connectivity index is 0.00000361. The van der Waals surface area contributed by atoms with Gasteiger partial charge in [-0.25, -0.2) is 4.79 Å². The lowest BCUT2D eigenvalue weighted by Gasteiger charge is -2.23. The first-order valence-electron chi connectivity index (χ1n) is 5.52. The highest BCUT2D eigenvalue weighted by Crippen LogP contribution is 2.39. The van der Waals surface area contributed by atoms with E-state index < -0.39 is 23.7 Å². The molecule has 0 heterocycles. The van der Waals surface area contributed by atoms with Crippen LogP contribution in [0.3, 0.4) is 0 Å². The second-order valence-electron chi connectivity index (χ2n) is 3.72. The van der Waals surface area contributed by atoms with Crippen LogP contribution in [0.2, 0.25) is 0 Å². The lowest BCUT2D eigenvalue weighted by Crippen LogP contribution is -2.41. The quantitative estimate of drug-likeness (QED) is 0.813. The van der Waals surface area contributed by atoms with Crippen molar-refractivity contribution in [1.29, 1.82) is 0 Å². The van der Waals surface area contributed by atoms with Crippen molar-refractivity contribution in [3.05, 3.63) is 23.8 Å². The molecule has 1 atom stereocenters. The van der Waals surface area contributed by atoms with E-state index >= 15 is 0 Å². The number of ether oxygens (including phenoxy) is 2. The molecule has 0 fully saturated rings. The molecule has 1 aromatic rings. The number of halogens is 3. The van der Waals surface area contributed by atoms with E-state index in [0.29, 0.717) is 0 Å². The van der Waals surface area contributed by atoms with Crippen LogP contribution in [0, 0.1) is 0 Å². The molecule has 0 aliphatic carbocycles. The summed E-state index contributed by atoms with van der Waals surface area (Å²) in [7, 11) is 1.27. The minimum atomic E-state index is -3.94. The van der Waals surface area contributed by atoms with E-state index in [-0.39, 0.29) is 30.3 Å². The summed E-state index contributed by atoms with van der Waals surface area (Å²) in [5, 5.41) is 9.74. The van der Waals surface area contributed by atoms with E-state index in [1.54, 1.807) is 0 Å². The first kappa shape index (κ1) is 18.4. The molecule has 0 saturated heterocycles. The monoisotopic (exact) mass is 311 g/mol. The topological polar surface area (TPSA) is 81.8 Å². The van der Waals surface area contributed by atoms with Gasteiger partial charge in [0.2, 0.25) is 0 Å². The average molecular weight is 312 g/mol. The van der Waals surface area contributed by atoms with Crippen molar-refractivity contribution in [3.8, 4) is 11.5 Å². The van der Waals surface area contributed by atoms with Gasteiger partial charge in [-0.05, 0) is 13.0 Å². The van der Waals surface area contributed by atoms with Gasteiger partial charge in [0.05, 0.1) is 13.7 Å². The molecule has 20 heavy (non-hydrogen) atoms. The van der Waals surface area contributed by atoms with Crippen molar-refractivity contribution in [3.63, 3.8) is 0 Å². The predicted octanol–water partition coefficient (Wildman–Crippen LogP) is 2.02. The molecule has 0 spiro atoms. The number of hydrogen-bond acceptors (Lipinski definition) is 5. The van der Waals surface area contributed by atoms with Gasteiger partial charge in [0, 0.05) is 5.56 Å². The molecule has 1 aromatic carbocycles. The van der Waals surface area contributed by atoms with E-state index in [2.05, 4.69) is 4.74 Å². The Morgan fingerprint density at radius 3 is 2.60 bits per heavy atom. The van der Waals surface area contributed by atoms with Gasteiger partial charge in [-0.3, -0.25) is 0 Å². The first-order valence-corrected chi connectivity index (χ1v) is 5.52. The average Bonchev–Trinajstić information content (AvgIpc) is 2.38. The van der Waals surface area contributed by atoms with E-state index in [0.717, 1.165) is 0 Å². The van der Waals surface area contributed by atoms with Crippen molar-refractivity contribution < 1.29 is 28.2 Å². The number of phenols is 1. The summed E-state index contributed by atoms with van der Waals surface area (Å²) in [6.45, 7) is 1.22. The molecule has 0 radical (unpaired) electrons. The summed E-state index contributed by atoms with van der Waals surface area (Å²) in [6.07, 6.45) is 0. The van der Waals surface area contributed by atoms with Crippen molar-refractivity contribution in [2.45, 2.75) is 18.9 Å². The second kappa shape index (κ2) is 7.25.